The van der Waals surface area contributed by atoms with Gasteiger partial charge in [0.1, 0.15) is 5.52 Å². The number of nitrogens with zero attached hydrogens (tertiary/aromatic N) is 5. The molecule has 0 aromatic carbocycles. The fraction of sp³-hybridized carbons (Fsp3) is 0.560. The highest BCUT2D eigenvalue weighted by Gasteiger charge is 2.21. The molecule has 3 heterocycles. The van der Waals surface area contributed by atoms with Gasteiger partial charge in [-0.1, -0.05) is 20.8 Å². The monoisotopic (exact) mass is 423 g/mol. The lowest BCUT2D eigenvalue weighted by atomic mass is 10.1. The molecule has 0 N–H and O–H groups in total. The minimum Gasteiger partial charge on any atom is -0.480 e. The van der Waals surface area contributed by atoms with Crippen molar-refractivity contribution in [3.63, 3.8) is 0 Å². The Morgan fingerprint density at radius 2 is 1.77 bits per heavy atom. The van der Waals surface area contributed by atoms with E-state index in [1.165, 1.54) is 0 Å². The summed E-state index contributed by atoms with van der Waals surface area (Å²) >= 11 is 0. The molecule has 6 heteroatoms. The largest absolute Gasteiger partial charge is 0.480 e. The molecule has 6 nitrogen and oxygen atoms in total. The van der Waals surface area contributed by atoms with Crippen LogP contribution in [-0.4, -0.2) is 51.2 Å². The van der Waals surface area contributed by atoms with Crippen molar-refractivity contribution >= 4 is 11.2 Å². The van der Waals surface area contributed by atoms with Crippen LogP contribution >= 0.6 is 0 Å². The molecule has 0 saturated carbocycles. The summed E-state index contributed by atoms with van der Waals surface area (Å²) in [6, 6.07) is 4.97. The van der Waals surface area contributed by atoms with Gasteiger partial charge in [0.25, 0.3) is 0 Å². The third kappa shape index (κ3) is 4.59. The molecule has 1 atom stereocenters. The van der Waals surface area contributed by atoms with E-state index in [1.54, 1.807) is 7.11 Å². The maximum atomic E-state index is 5.63. The average molecular weight is 424 g/mol. The van der Waals surface area contributed by atoms with E-state index < -0.39 is 0 Å². The highest BCUT2D eigenvalue weighted by atomic mass is 16.5. The van der Waals surface area contributed by atoms with Crippen LogP contribution in [-0.2, 0) is 0 Å². The minimum atomic E-state index is 0.337. The predicted octanol–water partition coefficient (Wildman–Crippen LogP) is 5.53. The van der Waals surface area contributed by atoms with Gasteiger partial charge in [-0.25, -0.2) is 15.0 Å². The minimum absolute atomic E-state index is 0.337. The molecule has 0 aliphatic heterocycles. The van der Waals surface area contributed by atoms with Crippen LogP contribution in [0.2, 0.25) is 0 Å². The maximum Gasteiger partial charge on any atom is 0.222 e. The maximum absolute atomic E-state index is 5.63. The van der Waals surface area contributed by atoms with E-state index in [1.807, 2.05) is 6.92 Å². The van der Waals surface area contributed by atoms with Gasteiger partial charge in [0, 0.05) is 30.5 Å². The number of aryl methyl sites for hydroxylation is 2. The lowest BCUT2D eigenvalue weighted by molar-refractivity contribution is 0.229. The van der Waals surface area contributed by atoms with Crippen molar-refractivity contribution in [3.05, 3.63) is 35.3 Å². The molecule has 0 amide bonds. The predicted molar refractivity (Wildman–Crippen MR) is 128 cm³/mol. The Hall–Kier alpha value is -2.47. The lowest BCUT2D eigenvalue weighted by Crippen LogP contribution is -2.32. The number of hydrogen-bond donors (Lipinski definition) is 0. The number of ether oxygens (including phenoxy) is 1. The van der Waals surface area contributed by atoms with Crippen LogP contribution in [0.3, 0.4) is 0 Å². The number of pyridine rings is 1. The Morgan fingerprint density at radius 3 is 2.35 bits per heavy atom. The van der Waals surface area contributed by atoms with E-state index in [4.69, 9.17) is 19.7 Å². The molecule has 0 saturated heterocycles. The van der Waals surface area contributed by atoms with Gasteiger partial charge in [0.2, 0.25) is 5.88 Å². The topological polar surface area (TPSA) is 56.1 Å². The molecule has 0 fully saturated rings. The van der Waals surface area contributed by atoms with Gasteiger partial charge in [0.05, 0.1) is 24.1 Å². The molecule has 3 aromatic heterocycles. The Balaban J connectivity index is 2.11. The van der Waals surface area contributed by atoms with Crippen molar-refractivity contribution in [1.82, 2.24) is 24.4 Å². The number of hydrogen-bond acceptors (Lipinski definition) is 5. The smallest absolute Gasteiger partial charge is 0.222 e. The molecule has 0 spiro atoms. The lowest BCUT2D eigenvalue weighted by Gasteiger charge is -2.27. The van der Waals surface area contributed by atoms with Crippen molar-refractivity contribution < 1.29 is 4.74 Å². The van der Waals surface area contributed by atoms with Crippen molar-refractivity contribution in [3.8, 4) is 17.1 Å². The zero-order chi connectivity index (χ0) is 22.9. The Labute approximate surface area is 186 Å². The SMILES string of the molecule is CCC(CN(C)C(C)C)n1cc(C)c2nc(-c3ccc(C(C)C)nc3OC)c(C)nc21. The molecule has 0 aliphatic rings. The number of methoxy groups -OCH3 is 1. The van der Waals surface area contributed by atoms with Gasteiger partial charge < -0.3 is 14.2 Å². The molecule has 31 heavy (non-hydrogen) atoms. The van der Waals surface area contributed by atoms with Crippen LogP contribution in [0.5, 0.6) is 5.88 Å². The Kier molecular flexibility index (Phi) is 6.99. The highest BCUT2D eigenvalue weighted by molar-refractivity contribution is 5.81. The van der Waals surface area contributed by atoms with Crippen molar-refractivity contribution in [2.45, 2.75) is 72.9 Å². The van der Waals surface area contributed by atoms with Crippen LogP contribution in [0.4, 0.5) is 0 Å². The molecular weight excluding hydrogens is 386 g/mol. The van der Waals surface area contributed by atoms with Gasteiger partial charge in [-0.15, -0.1) is 0 Å². The van der Waals surface area contributed by atoms with E-state index in [0.29, 0.717) is 23.9 Å². The third-order valence-corrected chi connectivity index (χ3v) is 6.17. The summed E-state index contributed by atoms with van der Waals surface area (Å²) in [7, 11) is 3.84. The number of likely N-dealkylation sites (N-methyl/N-ethyl adjacent to an activating group) is 1. The zero-order valence-electron chi connectivity index (χ0n) is 20.5. The summed E-state index contributed by atoms with van der Waals surface area (Å²) < 4.78 is 7.94. The van der Waals surface area contributed by atoms with E-state index in [9.17, 15) is 0 Å². The van der Waals surface area contributed by atoms with E-state index in [2.05, 4.69) is 76.4 Å². The van der Waals surface area contributed by atoms with Crippen molar-refractivity contribution in [2.24, 2.45) is 0 Å². The van der Waals surface area contributed by atoms with Gasteiger partial charge >= 0.3 is 0 Å². The highest BCUT2D eigenvalue weighted by Crippen LogP contribution is 2.33. The molecule has 0 bridgehead atoms. The summed E-state index contributed by atoms with van der Waals surface area (Å²) in [6.07, 6.45) is 3.24. The summed E-state index contributed by atoms with van der Waals surface area (Å²) in [5.74, 6) is 0.939. The van der Waals surface area contributed by atoms with Crippen molar-refractivity contribution in [1.29, 1.82) is 0 Å². The van der Waals surface area contributed by atoms with Gasteiger partial charge in [-0.05, 0) is 64.8 Å². The molecular formula is C25H37N5O. The second kappa shape index (κ2) is 9.35. The number of fused-ring (bicyclic) bond motifs is 1. The first-order valence-corrected chi connectivity index (χ1v) is 11.3. The quantitative estimate of drug-likeness (QED) is 0.476. The first kappa shape index (κ1) is 23.2. The molecule has 0 radical (unpaired) electrons. The summed E-state index contributed by atoms with van der Waals surface area (Å²) in [4.78, 5) is 17.2. The molecule has 3 aromatic rings. The van der Waals surface area contributed by atoms with Crippen molar-refractivity contribution in [2.75, 3.05) is 20.7 Å². The third-order valence-electron chi connectivity index (χ3n) is 6.17. The van der Waals surface area contributed by atoms with Gasteiger partial charge in [-0.3, -0.25) is 0 Å². The summed E-state index contributed by atoms with van der Waals surface area (Å²) in [6.45, 7) is 16.1. The zero-order valence-corrected chi connectivity index (χ0v) is 20.5. The Bertz CT molecular complexity index is 1050. The number of aromatic nitrogens is 4. The second-order valence-electron chi connectivity index (χ2n) is 9.09. The summed E-state index contributed by atoms with van der Waals surface area (Å²) in [5, 5.41) is 0. The van der Waals surface area contributed by atoms with E-state index in [0.717, 1.165) is 52.3 Å². The van der Waals surface area contributed by atoms with E-state index in [-0.39, 0.29) is 0 Å². The van der Waals surface area contributed by atoms with Gasteiger partial charge in [0.15, 0.2) is 5.65 Å². The van der Waals surface area contributed by atoms with Crippen LogP contribution < -0.4 is 4.74 Å². The second-order valence-corrected chi connectivity index (χ2v) is 9.09. The summed E-state index contributed by atoms with van der Waals surface area (Å²) in [5.41, 5.74) is 6.65. The molecule has 0 aliphatic carbocycles. The van der Waals surface area contributed by atoms with Crippen LogP contribution in [0, 0.1) is 13.8 Å². The van der Waals surface area contributed by atoms with Crippen LogP contribution in [0.25, 0.3) is 22.4 Å². The molecule has 1 unspecified atom stereocenters. The first-order chi connectivity index (χ1) is 14.7. The fourth-order valence-corrected chi connectivity index (χ4v) is 3.89. The van der Waals surface area contributed by atoms with Crippen LogP contribution in [0.1, 0.15) is 70.0 Å². The standard InChI is InChI=1S/C25H37N5O/c1-10-19(14-29(8)16(4)5)30-13-17(6)22-24(30)26-18(7)23(28-22)20-11-12-21(15(2)3)27-25(20)31-9/h11-13,15-16,19H,10,14H2,1-9H3. The first-order valence-electron chi connectivity index (χ1n) is 11.3. The van der Waals surface area contributed by atoms with E-state index >= 15 is 0 Å². The molecule has 3 rings (SSSR count). The fourth-order valence-electron chi connectivity index (χ4n) is 3.89. The normalized spacial score (nSPS) is 13.0. The van der Waals surface area contributed by atoms with Crippen LogP contribution in [0.15, 0.2) is 18.3 Å². The number of rotatable bonds is 8. The van der Waals surface area contributed by atoms with Gasteiger partial charge in [-0.2, -0.15) is 0 Å². The average Bonchev–Trinajstić information content (AvgIpc) is 3.05. The Morgan fingerprint density at radius 1 is 1.06 bits per heavy atom. The molecule has 168 valence electrons.